The Morgan fingerprint density at radius 3 is 2.46 bits per heavy atom. The van der Waals surface area contributed by atoms with Gasteiger partial charge in [0.05, 0.1) is 5.56 Å². The molecule has 2 aromatic carbocycles. The molecule has 0 aliphatic heterocycles. The molecular formula is C25H22F4N4O2. The van der Waals surface area contributed by atoms with Crippen LogP contribution in [0.5, 0.6) is 5.75 Å². The van der Waals surface area contributed by atoms with Gasteiger partial charge in [-0.2, -0.15) is 13.2 Å². The Morgan fingerprint density at radius 1 is 0.971 bits per heavy atom. The lowest BCUT2D eigenvalue weighted by Crippen LogP contribution is -2.05. The highest BCUT2D eigenvalue weighted by Gasteiger charge is 2.30. The molecule has 35 heavy (non-hydrogen) atoms. The van der Waals surface area contributed by atoms with Gasteiger partial charge in [0.25, 0.3) is 0 Å². The first kappa shape index (κ1) is 24.2. The van der Waals surface area contributed by atoms with Crippen molar-refractivity contribution in [2.45, 2.75) is 38.6 Å². The molecule has 0 amide bonds. The number of hydrogen-bond acceptors (Lipinski definition) is 5. The van der Waals surface area contributed by atoms with Gasteiger partial charge in [0.2, 0.25) is 5.89 Å². The van der Waals surface area contributed by atoms with E-state index in [-0.39, 0.29) is 18.1 Å². The molecule has 0 unspecified atom stereocenters. The fourth-order valence-corrected chi connectivity index (χ4v) is 3.34. The number of ether oxygens (including phenoxy) is 1. The van der Waals surface area contributed by atoms with Crippen molar-refractivity contribution in [3.63, 3.8) is 0 Å². The van der Waals surface area contributed by atoms with E-state index in [1.165, 1.54) is 24.0 Å². The van der Waals surface area contributed by atoms with Crippen LogP contribution in [0.4, 0.5) is 17.6 Å². The fraction of sp³-hybridized carbons (Fsp3) is 0.240. The molecule has 0 aliphatic rings. The number of benzene rings is 2. The summed E-state index contributed by atoms with van der Waals surface area (Å²) in [5.74, 6) is -0.111. The first-order valence-electron chi connectivity index (χ1n) is 10.9. The van der Waals surface area contributed by atoms with Crippen LogP contribution in [0.2, 0.25) is 0 Å². The maximum Gasteiger partial charge on any atom is 0.416 e. The van der Waals surface area contributed by atoms with E-state index in [9.17, 15) is 17.6 Å². The number of halogens is 4. The summed E-state index contributed by atoms with van der Waals surface area (Å²) in [6.45, 7) is 1.06. The Kier molecular flexibility index (Phi) is 7.59. The van der Waals surface area contributed by atoms with Gasteiger partial charge in [0, 0.05) is 18.2 Å². The van der Waals surface area contributed by atoms with Gasteiger partial charge >= 0.3 is 6.18 Å². The summed E-state index contributed by atoms with van der Waals surface area (Å²) in [4.78, 5) is 4.22. The Morgan fingerprint density at radius 2 is 1.74 bits per heavy atom. The predicted molar refractivity (Wildman–Crippen MR) is 121 cm³/mol. The molecule has 0 bridgehead atoms. The summed E-state index contributed by atoms with van der Waals surface area (Å²) in [7, 11) is 0. The average molecular weight is 486 g/mol. The van der Waals surface area contributed by atoms with Crippen LogP contribution in [-0.4, -0.2) is 19.7 Å². The molecule has 182 valence electrons. The lowest BCUT2D eigenvalue weighted by atomic mass is 10.1. The molecule has 6 nitrogen and oxygen atoms in total. The SMILES string of the molecule is Fc1cc(C(F)(F)F)ccc1C=Cc1nc(COc2ccc(CCCCn3cnnc3)cc2)co1. The molecule has 0 radical (unpaired) electrons. The summed E-state index contributed by atoms with van der Waals surface area (Å²) >= 11 is 0. The van der Waals surface area contributed by atoms with E-state index in [1.54, 1.807) is 12.7 Å². The maximum absolute atomic E-state index is 13.9. The van der Waals surface area contributed by atoms with Crippen LogP contribution in [0.15, 0.2) is 65.8 Å². The highest BCUT2D eigenvalue weighted by Crippen LogP contribution is 2.30. The van der Waals surface area contributed by atoms with Gasteiger partial charge in [-0.05, 0) is 55.2 Å². The second-order valence-corrected chi connectivity index (χ2v) is 7.83. The zero-order valence-electron chi connectivity index (χ0n) is 18.6. The van der Waals surface area contributed by atoms with Crippen molar-refractivity contribution in [3.8, 4) is 5.75 Å². The molecule has 4 rings (SSSR count). The van der Waals surface area contributed by atoms with E-state index in [2.05, 4.69) is 15.2 Å². The van der Waals surface area contributed by atoms with Crippen molar-refractivity contribution in [1.82, 2.24) is 19.7 Å². The standard InChI is InChI=1S/C25H22F4N4O2/c26-23-13-20(25(27,28)29)8-6-19(23)7-11-24-32-21(15-35-24)14-34-22-9-4-18(5-10-22)3-1-2-12-33-16-30-31-17-33/h4-11,13,15-17H,1-3,12,14H2. The number of rotatable bonds is 10. The monoisotopic (exact) mass is 486 g/mol. The summed E-state index contributed by atoms with van der Waals surface area (Å²) in [5, 5.41) is 7.57. The lowest BCUT2D eigenvalue weighted by molar-refractivity contribution is -0.137. The summed E-state index contributed by atoms with van der Waals surface area (Å²) < 4.78 is 64.9. The van der Waals surface area contributed by atoms with Gasteiger partial charge in [-0.1, -0.05) is 18.2 Å². The molecule has 4 aromatic rings. The van der Waals surface area contributed by atoms with Crippen molar-refractivity contribution in [1.29, 1.82) is 0 Å². The predicted octanol–water partition coefficient (Wildman–Crippen LogP) is 6.20. The van der Waals surface area contributed by atoms with Gasteiger partial charge in [0.15, 0.2) is 0 Å². The molecule has 2 aromatic heterocycles. The summed E-state index contributed by atoms with van der Waals surface area (Å²) in [6.07, 6.45) is 5.95. The first-order chi connectivity index (χ1) is 16.9. The number of unbranched alkanes of at least 4 members (excludes halogenated alkanes) is 1. The molecule has 2 heterocycles. The Hall–Kier alpha value is -3.95. The van der Waals surface area contributed by atoms with Crippen LogP contribution < -0.4 is 4.74 Å². The zero-order chi connectivity index (χ0) is 24.7. The highest BCUT2D eigenvalue weighted by molar-refractivity contribution is 5.66. The van der Waals surface area contributed by atoms with E-state index in [0.717, 1.165) is 37.9 Å². The molecule has 0 N–H and O–H groups in total. The first-order valence-corrected chi connectivity index (χ1v) is 10.9. The van der Waals surface area contributed by atoms with E-state index in [0.29, 0.717) is 17.5 Å². The molecule has 0 saturated heterocycles. The Labute approximate surface area is 198 Å². The lowest BCUT2D eigenvalue weighted by Gasteiger charge is -2.07. The van der Waals surface area contributed by atoms with Crippen LogP contribution in [0, 0.1) is 5.82 Å². The van der Waals surface area contributed by atoms with Crippen molar-refractivity contribution in [3.05, 3.63) is 95.5 Å². The van der Waals surface area contributed by atoms with Gasteiger partial charge in [-0.3, -0.25) is 0 Å². The minimum Gasteiger partial charge on any atom is -0.487 e. The van der Waals surface area contributed by atoms with Crippen LogP contribution >= 0.6 is 0 Å². The fourth-order valence-electron chi connectivity index (χ4n) is 3.34. The molecule has 0 spiro atoms. The van der Waals surface area contributed by atoms with E-state index < -0.39 is 17.6 Å². The number of aryl methyl sites for hydroxylation is 2. The number of nitrogens with zero attached hydrogens (tertiary/aromatic N) is 4. The average Bonchev–Trinajstić information content (AvgIpc) is 3.52. The van der Waals surface area contributed by atoms with Crippen molar-refractivity contribution in [2.75, 3.05) is 0 Å². The normalized spacial score (nSPS) is 11.9. The number of oxazole rings is 1. The van der Waals surface area contributed by atoms with E-state index in [4.69, 9.17) is 9.15 Å². The molecular weight excluding hydrogens is 464 g/mol. The number of alkyl halides is 3. The maximum atomic E-state index is 13.9. The topological polar surface area (TPSA) is 66.0 Å². The molecule has 0 aliphatic carbocycles. The molecule has 0 saturated carbocycles. The van der Waals surface area contributed by atoms with Gasteiger partial charge in [-0.25, -0.2) is 9.37 Å². The number of hydrogen-bond donors (Lipinski definition) is 0. The minimum atomic E-state index is -4.60. The molecule has 0 atom stereocenters. The third-order valence-corrected chi connectivity index (χ3v) is 5.21. The van der Waals surface area contributed by atoms with Crippen LogP contribution in [0.3, 0.4) is 0 Å². The van der Waals surface area contributed by atoms with Crippen LogP contribution in [0.1, 0.15) is 41.1 Å². The quantitative estimate of drug-likeness (QED) is 0.197. The van der Waals surface area contributed by atoms with Gasteiger partial charge < -0.3 is 13.7 Å². The molecule has 10 heteroatoms. The third kappa shape index (κ3) is 7.02. The van der Waals surface area contributed by atoms with Crippen molar-refractivity contribution >= 4 is 12.2 Å². The zero-order valence-corrected chi connectivity index (χ0v) is 18.6. The highest BCUT2D eigenvalue weighted by atomic mass is 19.4. The largest absolute Gasteiger partial charge is 0.487 e. The summed E-state index contributed by atoms with van der Waals surface area (Å²) in [5.41, 5.74) is 0.688. The molecule has 0 fully saturated rings. The van der Waals surface area contributed by atoms with Gasteiger partial charge in [0.1, 0.15) is 42.8 Å². The Balaban J connectivity index is 1.24. The van der Waals surface area contributed by atoms with E-state index in [1.807, 2.05) is 28.8 Å². The second-order valence-electron chi connectivity index (χ2n) is 7.83. The third-order valence-electron chi connectivity index (χ3n) is 5.21. The van der Waals surface area contributed by atoms with Crippen molar-refractivity contribution in [2.24, 2.45) is 0 Å². The Bertz CT molecular complexity index is 1250. The second kappa shape index (κ2) is 11.0. The summed E-state index contributed by atoms with van der Waals surface area (Å²) in [6, 6.07) is 10.2. The van der Waals surface area contributed by atoms with E-state index >= 15 is 0 Å². The van der Waals surface area contributed by atoms with Crippen molar-refractivity contribution < 1.29 is 26.7 Å². The minimum absolute atomic E-state index is 0.00664. The number of aromatic nitrogens is 4. The van der Waals surface area contributed by atoms with Crippen LogP contribution in [0.25, 0.3) is 12.2 Å². The van der Waals surface area contributed by atoms with Gasteiger partial charge in [-0.15, -0.1) is 10.2 Å². The van der Waals surface area contributed by atoms with Crippen LogP contribution in [-0.2, 0) is 25.7 Å². The smallest absolute Gasteiger partial charge is 0.416 e.